The molecule has 0 aliphatic heterocycles. The van der Waals surface area contributed by atoms with Gasteiger partial charge in [-0.15, -0.1) is 0 Å². The number of nitrogens with zero attached hydrogens (tertiary/aromatic N) is 3. The van der Waals surface area contributed by atoms with Gasteiger partial charge in [0.2, 0.25) is 0 Å². The predicted molar refractivity (Wildman–Crippen MR) is 71.0 cm³/mol. The summed E-state index contributed by atoms with van der Waals surface area (Å²) in [6.07, 6.45) is 4.62. The van der Waals surface area contributed by atoms with Crippen LogP contribution in [-0.4, -0.2) is 21.1 Å². The minimum absolute atomic E-state index is 0.318. The molecular weight excluding hydrogens is 252 g/mol. The van der Waals surface area contributed by atoms with Gasteiger partial charge in [-0.1, -0.05) is 11.6 Å². The van der Waals surface area contributed by atoms with E-state index in [1.54, 1.807) is 12.4 Å². The topological polar surface area (TPSA) is 59.8 Å². The first-order chi connectivity index (χ1) is 8.69. The Labute approximate surface area is 109 Å². The Balaban J connectivity index is 2.25. The van der Waals surface area contributed by atoms with Crippen molar-refractivity contribution in [2.24, 2.45) is 0 Å². The third-order valence-electron chi connectivity index (χ3n) is 2.36. The monoisotopic (exact) mass is 264 g/mol. The van der Waals surface area contributed by atoms with Gasteiger partial charge in [0.1, 0.15) is 5.82 Å². The van der Waals surface area contributed by atoms with Crippen LogP contribution >= 0.6 is 11.6 Å². The van der Waals surface area contributed by atoms with E-state index in [1.807, 2.05) is 19.1 Å². The fourth-order valence-corrected chi connectivity index (χ4v) is 1.76. The van der Waals surface area contributed by atoms with Gasteiger partial charge in [-0.25, -0.2) is 14.8 Å². The number of pyridine rings is 1. The van der Waals surface area contributed by atoms with Crippen molar-refractivity contribution in [1.82, 2.24) is 14.5 Å². The number of aromatic nitrogens is 3. The Bertz CT molecular complexity index is 597. The van der Waals surface area contributed by atoms with Crippen LogP contribution in [0.5, 0.6) is 0 Å². The van der Waals surface area contributed by atoms with Crippen LogP contribution in [0.25, 0.3) is 0 Å². The molecule has 1 N–H and O–H groups in total. The third-order valence-corrected chi connectivity index (χ3v) is 2.55. The van der Waals surface area contributed by atoms with E-state index in [-0.39, 0.29) is 5.69 Å². The van der Waals surface area contributed by atoms with Crippen molar-refractivity contribution in [2.75, 3.05) is 11.9 Å². The Morgan fingerprint density at radius 1 is 1.44 bits per heavy atom. The average molecular weight is 265 g/mol. The summed E-state index contributed by atoms with van der Waals surface area (Å²) in [4.78, 5) is 19.4. The summed E-state index contributed by atoms with van der Waals surface area (Å²) < 4.78 is 1.47. The van der Waals surface area contributed by atoms with Gasteiger partial charge in [0.15, 0.2) is 0 Å². The summed E-state index contributed by atoms with van der Waals surface area (Å²) in [6.45, 7) is 3.22. The molecular formula is C12H13ClN4O. The molecule has 0 spiro atoms. The maximum absolute atomic E-state index is 11.5. The summed E-state index contributed by atoms with van der Waals surface area (Å²) in [7, 11) is 0. The number of hydrogen-bond acceptors (Lipinski definition) is 4. The van der Waals surface area contributed by atoms with Crippen LogP contribution in [0.4, 0.5) is 5.82 Å². The van der Waals surface area contributed by atoms with Crippen molar-refractivity contribution in [3.63, 3.8) is 0 Å². The molecule has 18 heavy (non-hydrogen) atoms. The Morgan fingerprint density at radius 3 is 3.06 bits per heavy atom. The first kappa shape index (κ1) is 12.6. The Hall–Kier alpha value is -1.88. The normalized spacial score (nSPS) is 10.3. The van der Waals surface area contributed by atoms with E-state index in [9.17, 15) is 4.79 Å². The SMILES string of the molecule is CCNc1cc(Cn2cc(Cl)cnc2=O)ccn1. The summed E-state index contributed by atoms with van der Waals surface area (Å²) in [5.41, 5.74) is 0.647. The molecule has 0 radical (unpaired) electrons. The molecule has 2 heterocycles. The van der Waals surface area contributed by atoms with E-state index in [0.29, 0.717) is 11.6 Å². The quantitative estimate of drug-likeness (QED) is 0.914. The minimum atomic E-state index is -0.318. The number of anilines is 1. The largest absolute Gasteiger partial charge is 0.370 e. The molecule has 5 nitrogen and oxygen atoms in total. The standard InChI is InChI=1S/C12H13ClN4O/c1-2-14-11-5-9(3-4-15-11)7-17-8-10(13)6-16-12(17)18/h3-6,8H,2,7H2,1H3,(H,14,15). The molecule has 0 fully saturated rings. The molecule has 0 unspecified atom stereocenters. The second-order valence-electron chi connectivity index (χ2n) is 3.76. The van der Waals surface area contributed by atoms with E-state index in [0.717, 1.165) is 17.9 Å². The van der Waals surface area contributed by atoms with E-state index in [1.165, 1.54) is 10.8 Å². The zero-order chi connectivity index (χ0) is 13.0. The highest BCUT2D eigenvalue weighted by atomic mass is 35.5. The summed E-state index contributed by atoms with van der Waals surface area (Å²) in [5, 5.41) is 3.56. The zero-order valence-electron chi connectivity index (χ0n) is 9.93. The molecule has 2 aromatic rings. The smallest absolute Gasteiger partial charge is 0.347 e. The zero-order valence-corrected chi connectivity index (χ0v) is 10.7. The second-order valence-corrected chi connectivity index (χ2v) is 4.20. The van der Waals surface area contributed by atoms with Gasteiger partial charge in [0.25, 0.3) is 0 Å². The van der Waals surface area contributed by atoms with Crippen LogP contribution < -0.4 is 11.0 Å². The molecule has 0 aliphatic carbocycles. The number of rotatable bonds is 4. The lowest BCUT2D eigenvalue weighted by atomic mass is 10.2. The van der Waals surface area contributed by atoms with Crippen LogP contribution in [-0.2, 0) is 6.54 Å². The van der Waals surface area contributed by atoms with Gasteiger partial charge in [0.05, 0.1) is 17.8 Å². The lowest BCUT2D eigenvalue weighted by molar-refractivity contribution is 0.726. The van der Waals surface area contributed by atoms with Crippen LogP contribution in [0.15, 0.2) is 35.5 Å². The highest BCUT2D eigenvalue weighted by molar-refractivity contribution is 6.30. The fourth-order valence-electron chi connectivity index (χ4n) is 1.59. The lowest BCUT2D eigenvalue weighted by Crippen LogP contribution is -2.22. The summed E-state index contributed by atoms with van der Waals surface area (Å²) in [5.74, 6) is 0.790. The van der Waals surface area contributed by atoms with Crippen molar-refractivity contribution in [2.45, 2.75) is 13.5 Å². The molecule has 0 bridgehead atoms. The summed E-state index contributed by atoms with van der Waals surface area (Å²) >= 11 is 5.82. The van der Waals surface area contributed by atoms with Gasteiger partial charge in [-0.3, -0.25) is 4.57 Å². The van der Waals surface area contributed by atoms with Gasteiger partial charge >= 0.3 is 5.69 Å². The van der Waals surface area contributed by atoms with Gasteiger partial charge in [-0.05, 0) is 24.6 Å². The molecule has 0 saturated heterocycles. The molecule has 0 atom stereocenters. The van der Waals surface area contributed by atoms with Crippen molar-refractivity contribution < 1.29 is 0 Å². The molecule has 0 saturated carbocycles. The average Bonchev–Trinajstić information content (AvgIpc) is 2.35. The van der Waals surface area contributed by atoms with Crippen LogP contribution in [0.3, 0.4) is 0 Å². The molecule has 94 valence electrons. The molecule has 2 aromatic heterocycles. The first-order valence-electron chi connectivity index (χ1n) is 5.60. The van der Waals surface area contributed by atoms with E-state index in [4.69, 9.17) is 11.6 Å². The van der Waals surface area contributed by atoms with Gasteiger partial charge < -0.3 is 5.32 Å². The minimum Gasteiger partial charge on any atom is -0.370 e. The maximum Gasteiger partial charge on any atom is 0.347 e. The van der Waals surface area contributed by atoms with Crippen LogP contribution in [0, 0.1) is 0 Å². The first-order valence-corrected chi connectivity index (χ1v) is 5.97. The number of nitrogens with one attached hydrogen (secondary N) is 1. The highest BCUT2D eigenvalue weighted by Gasteiger charge is 2.01. The van der Waals surface area contributed by atoms with Crippen LogP contribution in [0.1, 0.15) is 12.5 Å². The maximum atomic E-state index is 11.5. The van der Waals surface area contributed by atoms with Crippen molar-refractivity contribution in [3.8, 4) is 0 Å². The second kappa shape index (κ2) is 5.64. The van der Waals surface area contributed by atoms with Crippen molar-refractivity contribution in [3.05, 3.63) is 51.8 Å². The van der Waals surface area contributed by atoms with Crippen LogP contribution in [0.2, 0.25) is 5.02 Å². The fraction of sp³-hybridized carbons (Fsp3) is 0.250. The number of halogens is 1. The molecule has 0 aliphatic rings. The highest BCUT2D eigenvalue weighted by Crippen LogP contribution is 2.09. The van der Waals surface area contributed by atoms with E-state index < -0.39 is 0 Å². The predicted octanol–water partition coefficient (Wildman–Crippen LogP) is 1.77. The lowest BCUT2D eigenvalue weighted by Gasteiger charge is -2.07. The molecule has 2 rings (SSSR count). The molecule has 0 amide bonds. The molecule has 0 aromatic carbocycles. The van der Waals surface area contributed by atoms with Gasteiger partial charge in [0, 0.05) is 18.9 Å². The van der Waals surface area contributed by atoms with Crippen molar-refractivity contribution >= 4 is 17.4 Å². The summed E-state index contributed by atoms with van der Waals surface area (Å²) in [6, 6.07) is 3.75. The van der Waals surface area contributed by atoms with E-state index in [2.05, 4.69) is 15.3 Å². The Morgan fingerprint density at radius 2 is 2.28 bits per heavy atom. The third kappa shape index (κ3) is 3.07. The molecule has 6 heteroatoms. The van der Waals surface area contributed by atoms with E-state index >= 15 is 0 Å². The van der Waals surface area contributed by atoms with Crippen molar-refractivity contribution in [1.29, 1.82) is 0 Å². The Kier molecular flexibility index (Phi) is 3.94. The number of hydrogen-bond donors (Lipinski definition) is 1. The van der Waals surface area contributed by atoms with Gasteiger partial charge in [-0.2, -0.15) is 0 Å².